The van der Waals surface area contributed by atoms with Crippen LogP contribution in [0.1, 0.15) is 28.9 Å². The normalized spacial score (nSPS) is 18.3. The van der Waals surface area contributed by atoms with Crippen LogP contribution in [0, 0.1) is 6.92 Å². The fourth-order valence-electron chi connectivity index (χ4n) is 2.28. The summed E-state index contributed by atoms with van der Waals surface area (Å²) in [5.74, 6) is -1.30. The molecule has 0 unspecified atom stereocenters. The topological polar surface area (TPSA) is 113 Å². The van der Waals surface area contributed by atoms with Gasteiger partial charge in [0.25, 0.3) is 10.0 Å². The number of nitrogens with one attached hydrogen (secondary N) is 1. The number of hydrogen-bond acceptors (Lipinski definition) is 5. The highest BCUT2D eigenvalue weighted by atomic mass is 32.2. The number of carboxylic acids is 1. The van der Waals surface area contributed by atoms with E-state index in [4.69, 9.17) is 9.84 Å². The fraction of sp³-hybridized carbons (Fsp3) is 0.636. The van der Waals surface area contributed by atoms with E-state index in [2.05, 4.69) is 10.2 Å². The number of methoxy groups -OCH3 is 1. The average Bonchev–Trinajstić information content (AvgIpc) is 2.81. The largest absolute Gasteiger partial charge is 0.478 e. The lowest BCUT2D eigenvalue weighted by Crippen LogP contribution is -2.41. The van der Waals surface area contributed by atoms with Gasteiger partial charge < -0.3 is 9.84 Å². The first-order chi connectivity index (χ1) is 9.37. The van der Waals surface area contributed by atoms with E-state index < -0.39 is 21.0 Å². The molecule has 9 heteroatoms. The molecule has 0 aromatic carbocycles. The first kappa shape index (κ1) is 14.9. The molecule has 1 saturated heterocycles. The van der Waals surface area contributed by atoms with Gasteiger partial charge in [0.05, 0.1) is 6.10 Å². The lowest BCUT2D eigenvalue weighted by atomic mass is 10.1. The van der Waals surface area contributed by atoms with Gasteiger partial charge in [-0.15, -0.1) is 0 Å². The summed E-state index contributed by atoms with van der Waals surface area (Å²) in [6.45, 7) is 2.07. The molecule has 1 aliphatic rings. The molecule has 0 radical (unpaired) electrons. The van der Waals surface area contributed by atoms with Gasteiger partial charge in [0, 0.05) is 25.9 Å². The zero-order chi connectivity index (χ0) is 14.9. The molecule has 1 aliphatic heterocycles. The Bertz CT molecular complexity index is 602. The minimum Gasteiger partial charge on any atom is -0.478 e. The van der Waals surface area contributed by atoms with Crippen molar-refractivity contribution >= 4 is 16.0 Å². The van der Waals surface area contributed by atoms with Crippen molar-refractivity contribution in [2.24, 2.45) is 0 Å². The van der Waals surface area contributed by atoms with Crippen molar-refractivity contribution in [1.82, 2.24) is 14.5 Å². The van der Waals surface area contributed by atoms with Crippen molar-refractivity contribution in [2.75, 3.05) is 20.2 Å². The Labute approximate surface area is 116 Å². The second kappa shape index (κ2) is 5.51. The number of hydrogen-bond donors (Lipinski definition) is 2. The lowest BCUT2D eigenvalue weighted by molar-refractivity contribution is 0.0601. The van der Waals surface area contributed by atoms with Crippen molar-refractivity contribution < 1.29 is 23.1 Å². The van der Waals surface area contributed by atoms with Crippen molar-refractivity contribution in [3.63, 3.8) is 0 Å². The molecule has 0 aliphatic carbocycles. The van der Waals surface area contributed by atoms with Gasteiger partial charge >= 0.3 is 5.97 Å². The zero-order valence-corrected chi connectivity index (χ0v) is 12.1. The molecule has 2 heterocycles. The molecule has 2 N–H and O–H groups in total. The quantitative estimate of drug-likeness (QED) is 0.822. The van der Waals surface area contributed by atoms with Gasteiger partial charge in [0.15, 0.2) is 0 Å². The molecule has 0 saturated carbocycles. The van der Waals surface area contributed by atoms with Crippen LogP contribution in [0.3, 0.4) is 0 Å². The Balaban J connectivity index is 2.30. The molecule has 2 rings (SSSR count). The van der Waals surface area contributed by atoms with Gasteiger partial charge in [0.1, 0.15) is 5.56 Å². The summed E-state index contributed by atoms with van der Waals surface area (Å²) in [5, 5.41) is 14.8. The maximum atomic E-state index is 12.5. The third kappa shape index (κ3) is 2.56. The van der Waals surface area contributed by atoms with Crippen LogP contribution in [-0.2, 0) is 14.8 Å². The molecule has 0 spiro atoms. The average molecular weight is 303 g/mol. The van der Waals surface area contributed by atoms with Crippen molar-refractivity contribution in [3.05, 3.63) is 11.3 Å². The van der Waals surface area contributed by atoms with Gasteiger partial charge in [-0.3, -0.25) is 5.10 Å². The fourth-order valence-corrected chi connectivity index (χ4v) is 3.87. The number of carboxylic acid groups (broad SMARTS) is 1. The Morgan fingerprint density at radius 1 is 1.45 bits per heavy atom. The minimum atomic E-state index is -3.89. The van der Waals surface area contributed by atoms with E-state index >= 15 is 0 Å². The molecule has 112 valence electrons. The Hall–Kier alpha value is -1.45. The Morgan fingerprint density at radius 3 is 2.55 bits per heavy atom. The zero-order valence-electron chi connectivity index (χ0n) is 11.3. The number of aromatic nitrogens is 2. The number of aromatic carboxylic acids is 1. The summed E-state index contributed by atoms with van der Waals surface area (Å²) in [5.41, 5.74) is -0.0679. The van der Waals surface area contributed by atoms with Crippen molar-refractivity contribution in [1.29, 1.82) is 0 Å². The molecule has 1 aromatic rings. The number of piperidine rings is 1. The number of rotatable bonds is 4. The molecule has 1 aromatic heterocycles. The van der Waals surface area contributed by atoms with Crippen molar-refractivity contribution in [3.8, 4) is 0 Å². The maximum Gasteiger partial charge on any atom is 0.340 e. The summed E-state index contributed by atoms with van der Waals surface area (Å²) in [6.07, 6.45) is 1.21. The SMILES string of the molecule is COC1CCN(S(=O)(=O)c2n[nH]c(C)c2C(=O)O)CC1. The first-order valence-corrected chi connectivity index (χ1v) is 7.63. The lowest BCUT2D eigenvalue weighted by Gasteiger charge is -2.29. The summed E-state index contributed by atoms with van der Waals surface area (Å²) in [6, 6.07) is 0. The highest BCUT2D eigenvalue weighted by Crippen LogP contribution is 2.24. The van der Waals surface area contributed by atoms with Crippen LogP contribution in [0.5, 0.6) is 0 Å². The molecular formula is C11H17N3O5S. The van der Waals surface area contributed by atoms with Gasteiger partial charge in [-0.25, -0.2) is 13.2 Å². The van der Waals surface area contributed by atoms with Crippen LogP contribution in [0.4, 0.5) is 0 Å². The van der Waals surface area contributed by atoms with Crippen molar-refractivity contribution in [2.45, 2.75) is 30.9 Å². The van der Waals surface area contributed by atoms with E-state index in [1.807, 2.05) is 0 Å². The minimum absolute atomic E-state index is 0.0429. The number of ether oxygens (including phenoxy) is 1. The second-order valence-corrected chi connectivity index (χ2v) is 6.53. The van der Waals surface area contributed by atoms with Crippen LogP contribution in [0.15, 0.2) is 5.03 Å². The van der Waals surface area contributed by atoms with Gasteiger partial charge in [-0.05, 0) is 19.8 Å². The maximum absolute atomic E-state index is 12.5. The van der Waals surface area contributed by atoms with Crippen LogP contribution in [0.25, 0.3) is 0 Å². The van der Waals surface area contributed by atoms with Gasteiger partial charge in [0.2, 0.25) is 5.03 Å². The number of aryl methyl sites for hydroxylation is 1. The molecule has 1 fully saturated rings. The molecule has 8 nitrogen and oxygen atoms in total. The second-order valence-electron chi connectivity index (χ2n) is 4.67. The van der Waals surface area contributed by atoms with E-state index in [1.54, 1.807) is 7.11 Å². The Kier molecular flexibility index (Phi) is 4.11. The predicted molar refractivity (Wildman–Crippen MR) is 69.1 cm³/mol. The third-order valence-corrected chi connectivity index (χ3v) is 5.28. The first-order valence-electron chi connectivity index (χ1n) is 6.19. The van der Waals surface area contributed by atoms with Crippen LogP contribution < -0.4 is 0 Å². The summed E-state index contributed by atoms with van der Waals surface area (Å²) in [7, 11) is -2.30. The molecule has 0 bridgehead atoms. The molecule has 0 amide bonds. The van der Waals surface area contributed by atoms with Crippen LogP contribution in [0.2, 0.25) is 0 Å². The van der Waals surface area contributed by atoms with E-state index in [0.29, 0.717) is 25.9 Å². The third-order valence-electron chi connectivity index (χ3n) is 3.45. The van der Waals surface area contributed by atoms with Gasteiger partial charge in [-0.1, -0.05) is 0 Å². The summed E-state index contributed by atoms with van der Waals surface area (Å²) >= 11 is 0. The van der Waals surface area contributed by atoms with E-state index in [-0.39, 0.29) is 17.4 Å². The number of nitrogens with zero attached hydrogens (tertiary/aromatic N) is 2. The smallest absolute Gasteiger partial charge is 0.340 e. The van der Waals surface area contributed by atoms with Gasteiger partial charge in [-0.2, -0.15) is 9.40 Å². The van der Waals surface area contributed by atoms with E-state index in [0.717, 1.165) is 0 Å². The van der Waals surface area contributed by atoms with Crippen LogP contribution >= 0.6 is 0 Å². The Morgan fingerprint density at radius 2 is 2.05 bits per heavy atom. The van der Waals surface area contributed by atoms with Crippen LogP contribution in [-0.4, -0.2) is 60.3 Å². The highest BCUT2D eigenvalue weighted by molar-refractivity contribution is 7.89. The number of carbonyl (C=O) groups is 1. The number of aromatic amines is 1. The monoisotopic (exact) mass is 303 g/mol. The number of sulfonamides is 1. The van der Waals surface area contributed by atoms with E-state index in [9.17, 15) is 13.2 Å². The highest BCUT2D eigenvalue weighted by Gasteiger charge is 2.35. The molecular weight excluding hydrogens is 286 g/mol. The molecule has 0 atom stereocenters. The molecule has 20 heavy (non-hydrogen) atoms. The standard InChI is InChI=1S/C11H17N3O5S/c1-7-9(11(15)16)10(13-12-7)20(17,18)14-5-3-8(19-2)4-6-14/h8H,3-6H2,1-2H3,(H,12,13)(H,15,16). The summed E-state index contributed by atoms with van der Waals surface area (Å²) in [4.78, 5) is 11.2. The number of H-pyrrole nitrogens is 1. The predicted octanol–water partition coefficient (Wildman–Crippen LogP) is 0.216. The van der Waals surface area contributed by atoms with E-state index in [1.165, 1.54) is 11.2 Å². The summed E-state index contributed by atoms with van der Waals surface area (Å²) < 4.78 is 31.4.